The average Bonchev–Trinajstić information content (AvgIpc) is 2.67. The van der Waals surface area contributed by atoms with Gasteiger partial charge in [0.05, 0.1) is 19.1 Å². The molecule has 0 spiro atoms. The molecule has 1 aliphatic rings. The first-order chi connectivity index (χ1) is 7.80. The lowest BCUT2D eigenvalue weighted by atomic mass is 10.2. The molecule has 16 heavy (non-hydrogen) atoms. The summed E-state index contributed by atoms with van der Waals surface area (Å²) >= 11 is 0. The lowest BCUT2D eigenvalue weighted by Gasteiger charge is -2.02. The highest BCUT2D eigenvalue weighted by molar-refractivity contribution is 5.75. The summed E-state index contributed by atoms with van der Waals surface area (Å²) < 4.78 is 10.5. The number of hydrogen-bond donors (Lipinski definition) is 0. The molecule has 0 radical (unpaired) electrons. The Balaban J connectivity index is 2.73. The first-order valence-corrected chi connectivity index (χ1v) is 4.95. The molecule has 0 atom stereocenters. The molecule has 82 valence electrons. The molecule has 1 aliphatic heterocycles. The van der Waals surface area contributed by atoms with E-state index in [2.05, 4.69) is 4.99 Å². The number of rotatable bonds is 3. The van der Waals surface area contributed by atoms with Crippen LogP contribution in [0.1, 0.15) is 6.92 Å². The van der Waals surface area contributed by atoms with Crippen molar-refractivity contribution in [1.82, 2.24) is 0 Å². The van der Waals surface area contributed by atoms with Crippen molar-refractivity contribution in [3.63, 3.8) is 0 Å². The highest BCUT2D eigenvalue weighted by Gasteiger charge is 2.15. The number of carbonyl (C=O) groups excluding carboxylic acids is 1. The van der Waals surface area contributed by atoms with Crippen LogP contribution in [0.3, 0.4) is 0 Å². The Kier molecular flexibility index (Phi) is 2.75. The Morgan fingerprint density at radius 2 is 2.25 bits per heavy atom. The lowest BCUT2D eigenvalue weighted by Crippen LogP contribution is -2.23. The van der Waals surface area contributed by atoms with Crippen LogP contribution in [-0.2, 0) is 9.53 Å². The summed E-state index contributed by atoms with van der Waals surface area (Å²) in [6.45, 7) is 2.33. The summed E-state index contributed by atoms with van der Waals surface area (Å²) in [6.07, 6.45) is 0. The van der Waals surface area contributed by atoms with E-state index in [0.29, 0.717) is 23.5 Å². The Bertz CT molecular complexity index is 583. The molecule has 0 N–H and O–H groups in total. The van der Waals surface area contributed by atoms with Gasteiger partial charge in [-0.05, 0) is 25.1 Å². The van der Waals surface area contributed by atoms with Crippen LogP contribution in [0.4, 0.5) is 0 Å². The molecule has 0 saturated heterocycles. The van der Waals surface area contributed by atoms with Gasteiger partial charge in [-0.25, -0.2) is 9.79 Å². The molecule has 0 saturated carbocycles. The molecule has 0 amide bonds. The maximum atomic E-state index is 10.7. The van der Waals surface area contributed by atoms with Crippen molar-refractivity contribution >= 4 is 11.7 Å². The maximum Gasteiger partial charge on any atom is 0.190 e. The van der Waals surface area contributed by atoms with E-state index in [1.165, 1.54) is 0 Å². The normalized spacial score (nSPS) is 12.9. The fourth-order valence-corrected chi connectivity index (χ4v) is 1.58. The quantitative estimate of drug-likeness (QED) is 0.679. The van der Waals surface area contributed by atoms with Crippen molar-refractivity contribution in [2.24, 2.45) is 4.99 Å². The smallest absolute Gasteiger partial charge is 0.190 e. The van der Waals surface area contributed by atoms with E-state index in [0.717, 1.165) is 5.22 Å². The van der Waals surface area contributed by atoms with Gasteiger partial charge in [-0.15, -0.1) is 0 Å². The molecule has 0 unspecified atom stereocenters. The summed E-state index contributed by atoms with van der Waals surface area (Å²) in [4.78, 5) is 14.8. The largest absolute Gasteiger partial charge is 0.497 e. The van der Waals surface area contributed by atoms with E-state index in [1.54, 1.807) is 31.3 Å². The number of methoxy groups -OCH3 is 1. The van der Waals surface area contributed by atoms with Gasteiger partial charge in [0.2, 0.25) is 0 Å². The lowest BCUT2D eigenvalue weighted by molar-refractivity contribution is 0.295. The molecule has 0 aliphatic carbocycles. The number of hydrogen-bond acceptors (Lipinski definition) is 4. The maximum absolute atomic E-state index is 10.7. The van der Waals surface area contributed by atoms with Gasteiger partial charge in [-0.2, -0.15) is 0 Å². The summed E-state index contributed by atoms with van der Waals surface area (Å²) in [5.41, 5.74) is 0.213. The fraction of sp³-hybridized carbons (Fsp3) is 0.250. The first kappa shape index (κ1) is 10.5. The first-order valence-electron chi connectivity index (χ1n) is 4.95. The van der Waals surface area contributed by atoms with Gasteiger partial charge in [0.1, 0.15) is 5.75 Å². The van der Waals surface area contributed by atoms with Crippen LogP contribution in [0, 0.1) is 0 Å². The van der Waals surface area contributed by atoms with Crippen LogP contribution in [-0.4, -0.2) is 19.7 Å². The molecule has 0 bridgehead atoms. The summed E-state index contributed by atoms with van der Waals surface area (Å²) in [6, 6.07) is 5.38. The number of ether oxygens (including phenoxy) is 2. The predicted octanol–water partition coefficient (Wildman–Crippen LogP) is 0.189. The predicted molar refractivity (Wildman–Crippen MR) is 58.0 cm³/mol. The zero-order chi connectivity index (χ0) is 11.5. The van der Waals surface area contributed by atoms with Crippen molar-refractivity contribution in [3.05, 3.63) is 34.5 Å². The van der Waals surface area contributed by atoms with Gasteiger partial charge in [-0.1, -0.05) is 0 Å². The van der Waals surface area contributed by atoms with Crippen LogP contribution in [0.15, 0.2) is 28.9 Å². The molecular weight excluding hydrogens is 206 g/mol. The van der Waals surface area contributed by atoms with Gasteiger partial charge in [0, 0.05) is 5.22 Å². The standard InChI is InChI=1S/C12H11NO3/c1-3-16-12-9-6-8(15-2)4-5-10(9)13-11(12)7-14/h4-6H,3H2,1-2H3. The molecule has 1 heterocycles. The van der Waals surface area contributed by atoms with Crippen LogP contribution in [0.2, 0.25) is 0 Å². The molecule has 4 heteroatoms. The van der Waals surface area contributed by atoms with Crippen LogP contribution in [0.5, 0.6) is 5.75 Å². The van der Waals surface area contributed by atoms with E-state index in [-0.39, 0.29) is 5.70 Å². The van der Waals surface area contributed by atoms with E-state index in [9.17, 15) is 4.79 Å². The minimum atomic E-state index is 0.213. The highest BCUT2D eigenvalue weighted by atomic mass is 16.5. The monoisotopic (exact) mass is 217 g/mol. The van der Waals surface area contributed by atoms with Crippen molar-refractivity contribution in [3.8, 4) is 5.75 Å². The zero-order valence-corrected chi connectivity index (χ0v) is 9.11. The zero-order valence-electron chi connectivity index (χ0n) is 9.11. The molecule has 4 nitrogen and oxygen atoms in total. The van der Waals surface area contributed by atoms with Crippen LogP contribution >= 0.6 is 0 Å². The number of nitrogens with zero attached hydrogens (tertiary/aromatic N) is 1. The minimum absolute atomic E-state index is 0.213. The molecule has 1 aromatic carbocycles. The van der Waals surface area contributed by atoms with Gasteiger partial charge in [0.25, 0.3) is 0 Å². The molecule has 2 rings (SSSR count). The van der Waals surface area contributed by atoms with Gasteiger partial charge in [-0.3, -0.25) is 0 Å². The third kappa shape index (κ3) is 1.59. The van der Waals surface area contributed by atoms with Crippen molar-refractivity contribution in [2.75, 3.05) is 13.7 Å². The second-order valence-corrected chi connectivity index (χ2v) is 3.21. The molecular formula is C12H11NO3. The van der Waals surface area contributed by atoms with Gasteiger partial charge >= 0.3 is 0 Å². The van der Waals surface area contributed by atoms with Gasteiger partial charge in [0.15, 0.2) is 17.4 Å². The Hall–Kier alpha value is -2.06. The minimum Gasteiger partial charge on any atom is -0.497 e. The number of fused-ring (bicyclic) bond motifs is 1. The molecule has 0 fully saturated rings. The SMILES string of the molecule is CCOC1=c2cc(OC)ccc2=NC1=C=O. The van der Waals surface area contributed by atoms with Crippen LogP contribution in [0.25, 0.3) is 5.76 Å². The van der Waals surface area contributed by atoms with Crippen molar-refractivity contribution in [2.45, 2.75) is 6.92 Å². The van der Waals surface area contributed by atoms with Crippen LogP contribution < -0.4 is 15.3 Å². The third-order valence-corrected chi connectivity index (χ3v) is 2.28. The summed E-state index contributed by atoms with van der Waals surface area (Å²) in [5.74, 6) is 2.97. The third-order valence-electron chi connectivity index (χ3n) is 2.28. The Labute approximate surface area is 92.5 Å². The Morgan fingerprint density at radius 3 is 2.88 bits per heavy atom. The second kappa shape index (κ2) is 4.21. The van der Waals surface area contributed by atoms with E-state index in [1.807, 2.05) is 6.92 Å². The van der Waals surface area contributed by atoms with E-state index < -0.39 is 0 Å². The number of benzene rings is 1. The topological polar surface area (TPSA) is 47.9 Å². The molecule has 0 aromatic heterocycles. The van der Waals surface area contributed by atoms with E-state index >= 15 is 0 Å². The van der Waals surface area contributed by atoms with Crippen molar-refractivity contribution in [1.29, 1.82) is 0 Å². The average molecular weight is 217 g/mol. The second-order valence-electron chi connectivity index (χ2n) is 3.21. The summed E-state index contributed by atoms with van der Waals surface area (Å²) in [5, 5.41) is 1.49. The van der Waals surface area contributed by atoms with E-state index in [4.69, 9.17) is 9.47 Å². The Morgan fingerprint density at radius 1 is 1.44 bits per heavy atom. The summed E-state index contributed by atoms with van der Waals surface area (Å²) in [7, 11) is 1.59. The van der Waals surface area contributed by atoms with Gasteiger partial charge < -0.3 is 9.47 Å². The molecule has 1 aromatic rings. The van der Waals surface area contributed by atoms with Crippen molar-refractivity contribution < 1.29 is 14.3 Å². The highest BCUT2D eigenvalue weighted by Crippen LogP contribution is 2.13. The fourth-order valence-electron chi connectivity index (χ4n) is 1.58.